The second-order valence-corrected chi connectivity index (χ2v) is 5.03. The van der Waals surface area contributed by atoms with Gasteiger partial charge in [0.2, 0.25) is 0 Å². The SMILES string of the molecule is N#Cc1cn2cc(-c3cccc(I)c3)ncc2n1. The van der Waals surface area contributed by atoms with Crippen molar-refractivity contribution in [3.8, 4) is 17.3 Å². The first-order chi connectivity index (χ1) is 8.76. The summed E-state index contributed by atoms with van der Waals surface area (Å²) < 4.78 is 2.98. The highest BCUT2D eigenvalue weighted by molar-refractivity contribution is 14.1. The summed E-state index contributed by atoms with van der Waals surface area (Å²) in [4.78, 5) is 8.49. The molecule has 3 rings (SSSR count). The van der Waals surface area contributed by atoms with Gasteiger partial charge in [-0.15, -0.1) is 0 Å². The molecule has 5 heteroatoms. The summed E-state index contributed by atoms with van der Waals surface area (Å²) in [5, 5.41) is 8.81. The average Bonchev–Trinajstić information content (AvgIpc) is 2.80. The van der Waals surface area contributed by atoms with Gasteiger partial charge < -0.3 is 4.40 Å². The Hall–Kier alpha value is -1.94. The van der Waals surface area contributed by atoms with Crippen molar-refractivity contribution in [3.63, 3.8) is 0 Å². The van der Waals surface area contributed by atoms with Crippen LogP contribution in [-0.2, 0) is 0 Å². The Morgan fingerprint density at radius 1 is 1.28 bits per heavy atom. The zero-order valence-corrected chi connectivity index (χ0v) is 11.4. The monoisotopic (exact) mass is 346 g/mol. The molecule has 4 nitrogen and oxygen atoms in total. The summed E-state index contributed by atoms with van der Waals surface area (Å²) in [6, 6.07) is 10.1. The highest BCUT2D eigenvalue weighted by Gasteiger charge is 2.04. The second kappa shape index (κ2) is 4.38. The maximum atomic E-state index is 8.81. The molecule has 0 aliphatic carbocycles. The van der Waals surface area contributed by atoms with Gasteiger partial charge in [0.05, 0.1) is 11.9 Å². The number of nitrogens with zero attached hydrogens (tertiary/aromatic N) is 4. The lowest BCUT2D eigenvalue weighted by Gasteiger charge is -2.02. The van der Waals surface area contributed by atoms with Gasteiger partial charge in [-0.05, 0) is 34.7 Å². The fourth-order valence-electron chi connectivity index (χ4n) is 1.75. The largest absolute Gasteiger partial charge is 0.302 e. The number of hydrogen-bond donors (Lipinski definition) is 0. The molecule has 3 aromatic rings. The Morgan fingerprint density at radius 2 is 2.17 bits per heavy atom. The minimum absolute atomic E-state index is 0.400. The Balaban J connectivity index is 2.16. The van der Waals surface area contributed by atoms with Gasteiger partial charge in [0.25, 0.3) is 0 Å². The van der Waals surface area contributed by atoms with Gasteiger partial charge in [-0.2, -0.15) is 5.26 Å². The van der Waals surface area contributed by atoms with Gasteiger partial charge in [-0.3, -0.25) is 4.98 Å². The van der Waals surface area contributed by atoms with Gasteiger partial charge in [0.15, 0.2) is 11.3 Å². The van der Waals surface area contributed by atoms with E-state index in [0.717, 1.165) is 14.8 Å². The summed E-state index contributed by atoms with van der Waals surface area (Å²) in [7, 11) is 0. The van der Waals surface area contributed by atoms with Crippen LogP contribution in [0.3, 0.4) is 0 Å². The van der Waals surface area contributed by atoms with Gasteiger partial charge in [0.1, 0.15) is 6.07 Å². The van der Waals surface area contributed by atoms with Crippen molar-refractivity contribution in [3.05, 3.63) is 52.1 Å². The fraction of sp³-hybridized carbons (Fsp3) is 0. The zero-order valence-electron chi connectivity index (χ0n) is 9.21. The van der Waals surface area contributed by atoms with Crippen molar-refractivity contribution < 1.29 is 0 Å². The van der Waals surface area contributed by atoms with E-state index in [1.54, 1.807) is 12.4 Å². The number of benzene rings is 1. The van der Waals surface area contributed by atoms with Crippen molar-refractivity contribution in [2.24, 2.45) is 0 Å². The molecule has 1 aromatic carbocycles. The van der Waals surface area contributed by atoms with Crippen LogP contribution in [-0.4, -0.2) is 14.4 Å². The van der Waals surface area contributed by atoms with E-state index in [1.807, 2.05) is 34.9 Å². The van der Waals surface area contributed by atoms with E-state index < -0.39 is 0 Å². The van der Waals surface area contributed by atoms with Crippen molar-refractivity contribution >= 4 is 28.2 Å². The molecule has 18 heavy (non-hydrogen) atoms. The molecule has 0 N–H and O–H groups in total. The summed E-state index contributed by atoms with van der Waals surface area (Å²) in [5.74, 6) is 0. The molecule has 0 saturated carbocycles. The zero-order chi connectivity index (χ0) is 12.5. The Labute approximate surface area is 117 Å². The smallest absolute Gasteiger partial charge is 0.159 e. The van der Waals surface area contributed by atoms with E-state index >= 15 is 0 Å². The van der Waals surface area contributed by atoms with E-state index in [4.69, 9.17) is 5.26 Å². The molecule has 0 fully saturated rings. The van der Waals surface area contributed by atoms with Crippen LogP contribution in [0.25, 0.3) is 16.9 Å². The van der Waals surface area contributed by atoms with E-state index in [9.17, 15) is 0 Å². The number of fused-ring (bicyclic) bond motifs is 1. The van der Waals surface area contributed by atoms with E-state index in [0.29, 0.717) is 11.3 Å². The first kappa shape index (κ1) is 11.2. The van der Waals surface area contributed by atoms with Crippen LogP contribution in [0.5, 0.6) is 0 Å². The molecule has 0 saturated heterocycles. The average molecular weight is 346 g/mol. The third-order valence-electron chi connectivity index (χ3n) is 2.58. The van der Waals surface area contributed by atoms with E-state index in [1.165, 1.54) is 0 Å². The predicted octanol–water partition coefficient (Wildman–Crippen LogP) is 2.87. The summed E-state index contributed by atoms with van der Waals surface area (Å²) in [5.41, 5.74) is 3.00. The van der Waals surface area contributed by atoms with Crippen molar-refractivity contribution in [2.75, 3.05) is 0 Å². The molecule has 0 amide bonds. The number of halogens is 1. The molecule has 2 heterocycles. The summed E-state index contributed by atoms with van der Waals surface area (Å²) >= 11 is 2.27. The Bertz CT molecular complexity index is 770. The van der Waals surface area contributed by atoms with Crippen LogP contribution in [0.1, 0.15) is 5.69 Å². The number of rotatable bonds is 1. The Morgan fingerprint density at radius 3 is 2.94 bits per heavy atom. The van der Waals surface area contributed by atoms with Crippen molar-refractivity contribution in [1.82, 2.24) is 14.4 Å². The van der Waals surface area contributed by atoms with E-state index in [2.05, 4.69) is 38.6 Å². The van der Waals surface area contributed by atoms with Crippen molar-refractivity contribution in [2.45, 2.75) is 0 Å². The number of imidazole rings is 1. The lowest BCUT2D eigenvalue weighted by molar-refractivity contribution is 1.13. The Kier molecular flexibility index (Phi) is 2.72. The lowest BCUT2D eigenvalue weighted by atomic mass is 10.2. The molecule has 86 valence electrons. The molecule has 0 spiro atoms. The minimum Gasteiger partial charge on any atom is -0.302 e. The normalized spacial score (nSPS) is 10.4. The van der Waals surface area contributed by atoms with Crippen LogP contribution in [0.2, 0.25) is 0 Å². The van der Waals surface area contributed by atoms with Gasteiger partial charge in [-0.1, -0.05) is 12.1 Å². The highest BCUT2D eigenvalue weighted by atomic mass is 127. The minimum atomic E-state index is 0.400. The molecular formula is C13H7IN4. The predicted molar refractivity (Wildman–Crippen MR) is 75.9 cm³/mol. The molecule has 0 unspecified atom stereocenters. The topological polar surface area (TPSA) is 54.0 Å². The molecule has 2 aromatic heterocycles. The standard InChI is InChI=1S/C13H7IN4/c14-10-3-1-2-9(4-10)12-8-18-7-11(5-15)17-13(18)6-16-12/h1-4,6-8H. The highest BCUT2D eigenvalue weighted by Crippen LogP contribution is 2.19. The molecule has 0 bridgehead atoms. The maximum absolute atomic E-state index is 8.81. The van der Waals surface area contributed by atoms with E-state index in [-0.39, 0.29) is 0 Å². The summed E-state index contributed by atoms with van der Waals surface area (Å²) in [6.07, 6.45) is 5.26. The van der Waals surface area contributed by atoms with Crippen LogP contribution in [0.4, 0.5) is 0 Å². The fourth-order valence-corrected chi connectivity index (χ4v) is 2.29. The van der Waals surface area contributed by atoms with Crippen LogP contribution in [0, 0.1) is 14.9 Å². The number of nitriles is 1. The van der Waals surface area contributed by atoms with Crippen LogP contribution >= 0.6 is 22.6 Å². The summed E-state index contributed by atoms with van der Waals surface area (Å²) in [6.45, 7) is 0. The molecule has 0 aliphatic heterocycles. The second-order valence-electron chi connectivity index (χ2n) is 3.79. The first-order valence-electron chi connectivity index (χ1n) is 5.27. The maximum Gasteiger partial charge on any atom is 0.159 e. The number of aromatic nitrogens is 3. The van der Waals surface area contributed by atoms with Crippen molar-refractivity contribution in [1.29, 1.82) is 5.26 Å². The molecule has 0 radical (unpaired) electrons. The van der Waals surface area contributed by atoms with Crippen LogP contribution in [0.15, 0.2) is 42.9 Å². The van der Waals surface area contributed by atoms with Gasteiger partial charge in [0, 0.05) is 21.5 Å². The quantitative estimate of drug-likeness (QED) is 0.637. The molecule has 0 aliphatic rings. The molecule has 0 atom stereocenters. The van der Waals surface area contributed by atoms with Crippen LogP contribution < -0.4 is 0 Å². The third kappa shape index (κ3) is 1.95. The third-order valence-corrected chi connectivity index (χ3v) is 3.25. The van der Waals surface area contributed by atoms with Gasteiger partial charge in [-0.25, -0.2) is 4.98 Å². The van der Waals surface area contributed by atoms with Gasteiger partial charge >= 0.3 is 0 Å². The lowest BCUT2D eigenvalue weighted by Crippen LogP contribution is -1.89. The number of hydrogen-bond acceptors (Lipinski definition) is 3. The first-order valence-corrected chi connectivity index (χ1v) is 6.35. The molecular weight excluding hydrogens is 339 g/mol.